The summed E-state index contributed by atoms with van der Waals surface area (Å²) < 4.78 is 0. The molecule has 0 bridgehead atoms. The highest BCUT2D eigenvalue weighted by Gasteiger charge is 2.33. The van der Waals surface area contributed by atoms with E-state index in [-0.39, 0.29) is 30.5 Å². The predicted octanol–water partition coefficient (Wildman–Crippen LogP) is 0.0600. The Kier molecular flexibility index (Phi) is 3.34. The highest BCUT2D eigenvalue weighted by molar-refractivity contribution is 5.80. The first kappa shape index (κ1) is 12.0. The number of piperazine rings is 1. The zero-order chi connectivity index (χ0) is 11.6. The monoisotopic (exact) mass is 214 g/mol. The molecule has 1 saturated heterocycles. The van der Waals surface area contributed by atoms with Crippen LogP contribution in [0.15, 0.2) is 0 Å². The molecule has 2 N–H and O–H groups in total. The summed E-state index contributed by atoms with van der Waals surface area (Å²) in [6, 6.07) is -0.139. The predicted molar refractivity (Wildman–Crippen MR) is 55.5 cm³/mol. The standard InChI is InChI=1S/C10H18N2O3/c1-10(2,3)12-6-7(4-9(14)15)11-5-8(12)13/h7,11H,4-6H2,1-3H3,(H,14,15). The molecule has 5 heteroatoms. The fourth-order valence-corrected chi connectivity index (χ4v) is 1.71. The molecular formula is C10H18N2O3. The number of carboxylic acids is 1. The fourth-order valence-electron chi connectivity index (χ4n) is 1.71. The van der Waals surface area contributed by atoms with Crippen LogP contribution in [0.3, 0.4) is 0 Å². The Morgan fingerprint density at radius 1 is 1.60 bits per heavy atom. The minimum Gasteiger partial charge on any atom is -0.481 e. The van der Waals surface area contributed by atoms with Crippen LogP contribution in [-0.4, -0.2) is 46.6 Å². The van der Waals surface area contributed by atoms with E-state index in [9.17, 15) is 9.59 Å². The van der Waals surface area contributed by atoms with E-state index < -0.39 is 5.97 Å². The number of hydrogen-bond donors (Lipinski definition) is 2. The van der Waals surface area contributed by atoms with Gasteiger partial charge < -0.3 is 15.3 Å². The lowest BCUT2D eigenvalue weighted by Gasteiger charge is -2.41. The lowest BCUT2D eigenvalue weighted by Crippen LogP contribution is -2.60. The quantitative estimate of drug-likeness (QED) is 0.682. The molecule has 86 valence electrons. The molecule has 0 aromatic rings. The van der Waals surface area contributed by atoms with E-state index in [1.165, 1.54) is 0 Å². The Balaban J connectivity index is 2.64. The van der Waals surface area contributed by atoms with Crippen molar-refractivity contribution in [1.29, 1.82) is 0 Å². The molecule has 1 unspecified atom stereocenters. The van der Waals surface area contributed by atoms with Gasteiger partial charge in [-0.3, -0.25) is 9.59 Å². The van der Waals surface area contributed by atoms with Gasteiger partial charge in [-0.05, 0) is 20.8 Å². The average Bonchev–Trinajstić information content (AvgIpc) is 2.05. The largest absolute Gasteiger partial charge is 0.481 e. The van der Waals surface area contributed by atoms with Crippen molar-refractivity contribution in [2.45, 2.75) is 38.8 Å². The van der Waals surface area contributed by atoms with E-state index >= 15 is 0 Å². The van der Waals surface area contributed by atoms with E-state index in [0.29, 0.717) is 6.54 Å². The maximum Gasteiger partial charge on any atom is 0.304 e. The topological polar surface area (TPSA) is 69.6 Å². The van der Waals surface area contributed by atoms with Crippen LogP contribution in [0.5, 0.6) is 0 Å². The number of rotatable bonds is 2. The number of aliphatic carboxylic acids is 1. The second-order valence-electron chi connectivity index (χ2n) is 4.85. The molecule has 0 radical (unpaired) electrons. The van der Waals surface area contributed by atoms with Gasteiger partial charge in [0.1, 0.15) is 0 Å². The second kappa shape index (κ2) is 4.18. The van der Waals surface area contributed by atoms with Gasteiger partial charge in [0, 0.05) is 18.1 Å². The molecular weight excluding hydrogens is 196 g/mol. The van der Waals surface area contributed by atoms with Gasteiger partial charge in [-0.15, -0.1) is 0 Å². The van der Waals surface area contributed by atoms with E-state index in [2.05, 4.69) is 5.32 Å². The molecule has 1 amide bonds. The minimum atomic E-state index is -0.837. The summed E-state index contributed by atoms with van der Waals surface area (Å²) in [6.07, 6.45) is 0.0554. The van der Waals surface area contributed by atoms with E-state index in [1.54, 1.807) is 4.90 Å². The molecule has 0 spiro atoms. The summed E-state index contributed by atoms with van der Waals surface area (Å²) in [7, 11) is 0. The molecule has 1 aliphatic rings. The van der Waals surface area contributed by atoms with Gasteiger partial charge in [-0.25, -0.2) is 0 Å². The van der Waals surface area contributed by atoms with E-state index in [0.717, 1.165) is 0 Å². The number of hydrogen-bond acceptors (Lipinski definition) is 3. The Morgan fingerprint density at radius 3 is 2.67 bits per heavy atom. The molecule has 1 atom stereocenters. The van der Waals surface area contributed by atoms with Crippen molar-refractivity contribution in [3.8, 4) is 0 Å². The number of carboxylic acid groups (broad SMARTS) is 1. The molecule has 5 nitrogen and oxygen atoms in total. The molecule has 1 heterocycles. The van der Waals surface area contributed by atoms with Crippen molar-refractivity contribution in [3.05, 3.63) is 0 Å². The van der Waals surface area contributed by atoms with Crippen LogP contribution in [0.4, 0.5) is 0 Å². The van der Waals surface area contributed by atoms with E-state index in [4.69, 9.17) is 5.11 Å². The van der Waals surface area contributed by atoms with Gasteiger partial charge in [0.2, 0.25) is 5.91 Å². The maximum atomic E-state index is 11.6. The third-order valence-corrected chi connectivity index (χ3v) is 2.48. The van der Waals surface area contributed by atoms with Crippen LogP contribution in [-0.2, 0) is 9.59 Å². The van der Waals surface area contributed by atoms with Gasteiger partial charge in [-0.2, -0.15) is 0 Å². The lowest BCUT2D eigenvalue weighted by atomic mass is 10.0. The Bertz CT molecular complexity index is 270. The Morgan fingerprint density at radius 2 is 2.20 bits per heavy atom. The second-order valence-corrected chi connectivity index (χ2v) is 4.85. The molecule has 15 heavy (non-hydrogen) atoms. The van der Waals surface area contributed by atoms with Crippen molar-refractivity contribution < 1.29 is 14.7 Å². The first-order valence-corrected chi connectivity index (χ1v) is 5.06. The summed E-state index contributed by atoms with van der Waals surface area (Å²) >= 11 is 0. The van der Waals surface area contributed by atoms with Crippen molar-refractivity contribution in [1.82, 2.24) is 10.2 Å². The average molecular weight is 214 g/mol. The van der Waals surface area contributed by atoms with Crippen molar-refractivity contribution in [2.24, 2.45) is 0 Å². The number of carbonyl (C=O) groups excluding carboxylic acids is 1. The normalized spacial score (nSPS) is 23.0. The van der Waals surface area contributed by atoms with E-state index in [1.807, 2.05) is 20.8 Å². The number of amides is 1. The molecule has 0 aromatic heterocycles. The molecule has 1 fully saturated rings. The first-order chi connectivity index (χ1) is 6.80. The molecule has 1 rings (SSSR count). The van der Waals surface area contributed by atoms with Crippen molar-refractivity contribution >= 4 is 11.9 Å². The zero-order valence-electron chi connectivity index (χ0n) is 9.41. The molecule has 1 aliphatic heterocycles. The fraction of sp³-hybridized carbons (Fsp3) is 0.800. The maximum absolute atomic E-state index is 11.6. The smallest absolute Gasteiger partial charge is 0.304 e. The number of carbonyl (C=O) groups is 2. The van der Waals surface area contributed by atoms with Crippen LogP contribution >= 0.6 is 0 Å². The molecule has 0 aliphatic carbocycles. The summed E-state index contributed by atoms with van der Waals surface area (Å²) in [5.74, 6) is -0.806. The number of nitrogens with zero attached hydrogens (tertiary/aromatic N) is 1. The zero-order valence-corrected chi connectivity index (χ0v) is 9.41. The van der Waals surface area contributed by atoms with Gasteiger partial charge in [-0.1, -0.05) is 0 Å². The van der Waals surface area contributed by atoms with Gasteiger partial charge >= 0.3 is 5.97 Å². The number of nitrogens with one attached hydrogen (secondary N) is 1. The highest BCUT2D eigenvalue weighted by Crippen LogP contribution is 2.17. The molecule has 0 saturated carbocycles. The summed E-state index contributed by atoms with van der Waals surface area (Å²) in [5, 5.41) is 11.6. The van der Waals surface area contributed by atoms with Gasteiger partial charge in [0.25, 0.3) is 0 Å². The Labute approximate surface area is 89.4 Å². The van der Waals surface area contributed by atoms with Crippen LogP contribution in [0.1, 0.15) is 27.2 Å². The van der Waals surface area contributed by atoms with Crippen molar-refractivity contribution in [3.63, 3.8) is 0 Å². The van der Waals surface area contributed by atoms with Crippen LogP contribution in [0.2, 0.25) is 0 Å². The molecule has 0 aromatic carbocycles. The SMILES string of the molecule is CC(C)(C)N1CC(CC(=O)O)NCC1=O. The summed E-state index contributed by atoms with van der Waals surface area (Å²) in [6.45, 7) is 6.56. The first-order valence-electron chi connectivity index (χ1n) is 5.06. The minimum absolute atomic E-state index is 0.0316. The summed E-state index contributed by atoms with van der Waals surface area (Å²) in [4.78, 5) is 23.9. The van der Waals surface area contributed by atoms with Crippen LogP contribution in [0.25, 0.3) is 0 Å². The third-order valence-electron chi connectivity index (χ3n) is 2.48. The van der Waals surface area contributed by atoms with Crippen LogP contribution < -0.4 is 5.32 Å². The van der Waals surface area contributed by atoms with Crippen LogP contribution in [0, 0.1) is 0 Å². The van der Waals surface area contributed by atoms with Crippen molar-refractivity contribution in [2.75, 3.05) is 13.1 Å². The van der Waals surface area contributed by atoms with Gasteiger partial charge in [0.05, 0.1) is 13.0 Å². The Hall–Kier alpha value is -1.10. The van der Waals surface area contributed by atoms with Gasteiger partial charge in [0.15, 0.2) is 0 Å². The highest BCUT2D eigenvalue weighted by atomic mass is 16.4. The lowest BCUT2D eigenvalue weighted by molar-refractivity contribution is -0.143. The third kappa shape index (κ3) is 3.20. The summed E-state index contributed by atoms with van der Waals surface area (Å²) in [5.41, 5.74) is -0.240.